The highest BCUT2D eigenvalue weighted by Gasteiger charge is 2.24. The van der Waals surface area contributed by atoms with E-state index in [-0.39, 0.29) is 44.5 Å². The quantitative estimate of drug-likeness (QED) is 0.468. The van der Waals surface area contributed by atoms with Crippen LogP contribution < -0.4 is 10.6 Å². The molecule has 1 aromatic carbocycles. The van der Waals surface area contributed by atoms with Crippen molar-refractivity contribution in [3.63, 3.8) is 0 Å². The molecule has 0 spiro atoms. The van der Waals surface area contributed by atoms with Gasteiger partial charge in [0, 0.05) is 11.2 Å². The topological polar surface area (TPSA) is 93.1 Å². The van der Waals surface area contributed by atoms with E-state index in [0.29, 0.717) is 16.9 Å². The van der Waals surface area contributed by atoms with E-state index < -0.39 is 11.8 Å². The third-order valence-electron chi connectivity index (χ3n) is 4.21. The number of anilines is 1. The smallest absolute Gasteiger partial charge is 0.272 e. The molecule has 3 rings (SSSR count). The third kappa shape index (κ3) is 4.85. The molecular formula is C20H14Cl4N4O3. The van der Waals surface area contributed by atoms with Gasteiger partial charge in [-0.2, -0.15) is 0 Å². The van der Waals surface area contributed by atoms with Gasteiger partial charge >= 0.3 is 0 Å². The molecule has 31 heavy (non-hydrogen) atoms. The van der Waals surface area contributed by atoms with Crippen LogP contribution in [0.2, 0.25) is 20.2 Å². The fourth-order valence-corrected chi connectivity index (χ4v) is 3.76. The van der Waals surface area contributed by atoms with Crippen LogP contribution in [0.3, 0.4) is 0 Å². The summed E-state index contributed by atoms with van der Waals surface area (Å²) in [6, 6.07) is 7.56. The highest BCUT2D eigenvalue weighted by molar-refractivity contribution is 6.42. The van der Waals surface area contributed by atoms with Crippen LogP contribution in [0.25, 0.3) is 5.82 Å². The maximum Gasteiger partial charge on any atom is 0.272 e. The van der Waals surface area contributed by atoms with Gasteiger partial charge in [-0.15, -0.1) is 0 Å². The van der Waals surface area contributed by atoms with Crippen LogP contribution in [0.15, 0.2) is 36.5 Å². The SMILES string of the molecule is Cc1cc(Cl)cc(C(=O)NCC=O)c1NC(=O)c1cc(Cl)c(Cl)n1-c1ncccc1Cl. The van der Waals surface area contributed by atoms with Gasteiger partial charge in [0.15, 0.2) is 5.82 Å². The van der Waals surface area contributed by atoms with E-state index in [1.165, 1.54) is 22.9 Å². The Balaban J connectivity index is 2.06. The Bertz CT molecular complexity index is 1190. The first-order valence-corrected chi connectivity index (χ1v) is 10.3. The summed E-state index contributed by atoms with van der Waals surface area (Å²) in [5.74, 6) is -0.986. The van der Waals surface area contributed by atoms with Crippen LogP contribution in [-0.2, 0) is 4.79 Å². The number of nitrogens with zero attached hydrogens (tertiary/aromatic N) is 2. The Morgan fingerprint density at radius 1 is 1.10 bits per heavy atom. The molecule has 0 saturated heterocycles. The predicted octanol–water partition coefficient (Wildman–Crippen LogP) is 4.98. The average molecular weight is 500 g/mol. The lowest BCUT2D eigenvalue weighted by Gasteiger charge is -2.16. The molecule has 2 aromatic heterocycles. The number of aldehydes is 1. The number of hydrogen-bond acceptors (Lipinski definition) is 4. The number of carbonyl (C=O) groups excluding carboxylic acids is 3. The number of pyridine rings is 1. The van der Waals surface area contributed by atoms with E-state index in [1.807, 2.05) is 0 Å². The van der Waals surface area contributed by atoms with Gasteiger partial charge in [-0.1, -0.05) is 46.4 Å². The van der Waals surface area contributed by atoms with Crippen molar-refractivity contribution < 1.29 is 14.4 Å². The Hall–Kier alpha value is -2.58. The fraction of sp³-hybridized carbons (Fsp3) is 0.100. The maximum absolute atomic E-state index is 13.2. The number of benzene rings is 1. The van der Waals surface area contributed by atoms with Crippen LogP contribution >= 0.6 is 46.4 Å². The minimum absolute atomic E-state index is 0.0456. The van der Waals surface area contributed by atoms with E-state index in [9.17, 15) is 14.4 Å². The lowest BCUT2D eigenvalue weighted by molar-refractivity contribution is -0.107. The summed E-state index contributed by atoms with van der Waals surface area (Å²) < 4.78 is 1.30. The summed E-state index contributed by atoms with van der Waals surface area (Å²) in [4.78, 5) is 40.4. The van der Waals surface area contributed by atoms with Crippen molar-refractivity contribution in [3.05, 3.63) is 73.6 Å². The maximum atomic E-state index is 13.2. The summed E-state index contributed by atoms with van der Waals surface area (Å²) in [5.41, 5.74) is 0.878. The molecule has 0 radical (unpaired) electrons. The summed E-state index contributed by atoms with van der Waals surface area (Å²) >= 11 is 24.8. The second-order valence-electron chi connectivity index (χ2n) is 6.29. The Kier molecular flexibility index (Phi) is 7.23. The van der Waals surface area contributed by atoms with E-state index >= 15 is 0 Å². The predicted molar refractivity (Wildman–Crippen MR) is 121 cm³/mol. The second-order valence-corrected chi connectivity index (χ2v) is 7.90. The van der Waals surface area contributed by atoms with Crippen molar-refractivity contribution in [3.8, 4) is 5.82 Å². The summed E-state index contributed by atoms with van der Waals surface area (Å²) in [6.07, 6.45) is 2.03. The molecule has 0 aliphatic heterocycles. The van der Waals surface area contributed by atoms with Gasteiger partial charge in [-0.25, -0.2) is 4.98 Å². The first-order valence-electron chi connectivity index (χ1n) is 8.75. The molecule has 0 aliphatic rings. The molecule has 2 heterocycles. The van der Waals surface area contributed by atoms with Gasteiger partial charge in [-0.05, 0) is 42.8 Å². The molecule has 2 amide bonds. The lowest BCUT2D eigenvalue weighted by atomic mass is 10.1. The first-order chi connectivity index (χ1) is 14.7. The molecule has 0 fully saturated rings. The van der Waals surface area contributed by atoms with Crippen LogP contribution in [0.1, 0.15) is 26.4 Å². The number of halogens is 4. The number of aromatic nitrogens is 2. The minimum Gasteiger partial charge on any atom is -0.345 e. The van der Waals surface area contributed by atoms with Gasteiger partial charge in [-0.3, -0.25) is 14.2 Å². The van der Waals surface area contributed by atoms with Crippen LogP contribution in [-0.4, -0.2) is 34.2 Å². The Morgan fingerprint density at radius 2 is 1.84 bits per heavy atom. The molecule has 0 atom stereocenters. The molecule has 0 aliphatic carbocycles. The zero-order valence-electron chi connectivity index (χ0n) is 15.9. The van der Waals surface area contributed by atoms with E-state index in [0.717, 1.165) is 0 Å². The van der Waals surface area contributed by atoms with Gasteiger partial charge < -0.3 is 15.4 Å². The van der Waals surface area contributed by atoms with E-state index in [1.54, 1.807) is 25.1 Å². The van der Waals surface area contributed by atoms with E-state index in [2.05, 4.69) is 15.6 Å². The largest absolute Gasteiger partial charge is 0.345 e. The zero-order valence-corrected chi connectivity index (χ0v) is 18.9. The van der Waals surface area contributed by atoms with Crippen molar-refractivity contribution in [2.75, 3.05) is 11.9 Å². The second kappa shape index (κ2) is 9.70. The minimum atomic E-state index is -0.620. The molecule has 3 aromatic rings. The highest BCUT2D eigenvalue weighted by atomic mass is 35.5. The van der Waals surface area contributed by atoms with Crippen molar-refractivity contribution >= 4 is 70.2 Å². The molecular weight excluding hydrogens is 486 g/mol. The fourth-order valence-electron chi connectivity index (χ4n) is 2.87. The van der Waals surface area contributed by atoms with Crippen molar-refractivity contribution in [1.82, 2.24) is 14.9 Å². The zero-order chi connectivity index (χ0) is 22.7. The monoisotopic (exact) mass is 498 g/mol. The Morgan fingerprint density at radius 3 is 2.52 bits per heavy atom. The van der Waals surface area contributed by atoms with Crippen molar-refractivity contribution in [2.24, 2.45) is 0 Å². The summed E-state index contributed by atoms with van der Waals surface area (Å²) in [6.45, 7) is 1.48. The number of hydrogen-bond donors (Lipinski definition) is 2. The number of amides is 2. The van der Waals surface area contributed by atoms with Crippen molar-refractivity contribution in [2.45, 2.75) is 6.92 Å². The van der Waals surface area contributed by atoms with Crippen LogP contribution in [0.5, 0.6) is 0 Å². The van der Waals surface area contributed by atoms with Gasteiger partial charge in [0.05, 0.1) is 27.8 Å². The summed E-state index contributed by atoms with van der Waals surface area (Å²) in [5, 5.41) is 5.82. The van der Waals surface area contributed by atoms with E-state index in [4.69, 9.17) is 46.4 Å². The first kappa shape index (κ1) is 23.1. The molecule has 0 saturated carbocycles. The lowest BCUT2D eigenvalue weighted by Crippen LogP contribution is -2.27. The molecule has 0 unspecified atom stereocenters. The normalized spacial score (nSPS) is 10.6. The van der Waals surface area contributed by atoms with Crippen LogP contribution in [0, 0.1) is 6.92 Å². The number of aryl methyl sites for hydroxylation is 1. The Labute approximate surface area is 197 Å². The number of carbonyl (C=O) groups is 3. The highest BCUT2D eigenvalue weighted by Crippen LogP contribution is 2.33. The molecule has 2 N–H and O–H groups in total. The molecule has 0 bridgehead atoms. The summed E-state index contributed by atoms with van der Waals surface area (Å²) in [7, 11) is 0. The van der Waals surface area contributed by atoms with Crippen LogP contribution in [0.4, 0.5) is 5.69 Å². The molecule has 11 heteroatoms. The van der Waals surface area contributed by atoms with Gasteiger partial charge in [0.25, 0.3) is 11.8 Å². The molecule has 160 valence electrons. The van der Waals surface area contributed by atoms with Crippen molar-refractivity contribution in [1.29, 1.82) is 0 Å². The average Bonchev–Trinajstić information content (AvgIpc) is 3.03. The van der Waals surface area contributed by atoms with Gasteiger partial charge in [0.1, 0.15) is 17.1 Å². The third-order valence-corrected chi connectivity index (χ3v) is 5.48. The molecule has 7 nitrogen and oxygen atoms in total. The number of nitrogens with one attached hydrogen (secondary N) is 2. The standard InChI is InChI=1S/C20H14Cl4N4O3/c1-10-7-11(21)8-12(19(30)26-5-6-29)16(10)27-20(31)15-9-14(23)17(24)28(15)18-13(22)3-2-4-25-18/h2-4,6-9H,5H2,1H3,(H,26,30)(H,27,31). The number of rotatable bonds is 6. The van der Waals surface area contributed by atoms with Gasteiger partial charge in [0.2, 0.25) is 0 Å².